The quantitative estimate of drug-likeness (QED) is 0.607. The zero-order valence-electron chi connectivity index (χ0n) is 14.8. The maximum absolute atomic E-state index is 12.6. The van der Waals surface area contributed by atoms with Gasteiger partial charge < -0.3 is 19.6 Å². The van der Waals surface area contributed by atoms with Crippen LogP contribution in [-0.4, -0.2) is 80.0 Å². The third-order valence-electron chi connectivity index (χ3n) is 4.89. The number of para-hydroxylation sites is 1. The van der Waals surface area contributed by atoms with Crippen LogP contribution in [0.4, 0.5) is 5.69 Å². The lowest BCUT2D eigenvalue weighted by Gasteiger charge is -2.36. The number of piperazine rings is 2. The van der Waals surface area contributed by atoms with Crippen LogP contribution in [0.3, 0.4) is 0 Å². The first kappa shape index (κ1) is 17.3. The number of hydrogen-bond donors (Lipinski definition) is 0. The van der Waals surface area contributed by atoms with E-state index in [4.69, 9.17) is 0 Å². The monoisotopic (exact) mass is 339 g/mol. The van der Waals surface area contributed by atoms with E-state index in [9.17, 15) is 10.1 Å². The van der Waals surface area contributed by atoms with Gasteiger partial charge in [-0.1, -0.05) is 18.2 Å². The second kappa shape index (κ2) is 8.04. The van der Waals surface area contributed by atoms with Gasteiger partial charge in [0.05, 0.1) is 0 Å². The summed E-state index contributed by atoms with van der Waals surface area (Å²) in [7, 11) is 2.05. The molecule has 0 bridgehead atoms. The van der Waals surface area contributed by atoms with Crippen LogP contribution in [0.15, 0.2) is 42.1 Å². The number of nitrogens with zero attached hydrogens (tertiary/aromatic N) is 5. The zero-order chi connectivity index (χ0) is 17.6. The van der Waals surface area contributed by atoms with Crippen molar-refractivity contribution < 1.29 is 4.79 Å². The van der Waals surface area contributed by atoms with E-state index < -0.39 is 0 Å². The van der Waals surface area contributed by atoms with E-state index in [0.29, 0.717) is 13.1 Å². The van der Waals surface area contributed by atoms with Gasteiger partial charge >= 0.3 is 0 Å². The van der Waals surface area contributed by atoms with Gasteiger partial charge in [0.2, 0.25) is 0 Å². The summed E-state index contributed by atoms with van der Waals surface area (Å²) in [6.45, 7) is 6.52. The number of likely N-dealkylation sites (N-methyl/N-ethyl adjacent to an activating group) is 1. The molecule has 2 aliphatic heterocycles. The largest absolute Gasteiger partial charge is 0.373 e. The van der Waals surface area contributed by atoms with Gasteiger partial charge in [-0.3, -0.25) is 4.79 Å². The summed E-state index contributed by atoms with van der Waals surface area (Å²) in [5.74, 6) is -0.138. The molecule has 132 valence electrons. The normalized spacial score (nSPS) is 19.7. The Kier molecular flexibility index (Phi) is 5.56. The summed E-state index contributed by atoms with van der Waals surface area (Å²) < 4.78 is 0. The van der Waals surface area contributed by atoms with Crippen molar-refractivity contribution in [2.24, 2.45) is 0 Å². The van der Waals surface area contributed by atoms with E-state index in [0.717, 1.165) is 39.3 Å². The lowest BCUT2D eigenvalue weighted by atomic mass is 10.2. The Bertz CT molecular complexity index is 650. The zero-order valence-corrected chi connectivity index (χ0v) is 14.8. The second-order valence-electron chi connectivity index (χ2n) is 6.61. The second-order valence-corrected chi connectivity index (χ2v) is 6.61. The van der Waals surface area contributed by atoms with Crippen molar-refractivity contribution in [3.8, 4) is 6.07 Å². The molecule has 0 saturated carbocycles. The highest BCUT2D eigenvalue weighted by molar-refractivity contribution is 5.97. The summed E-state index contributed by atoms with van der Waals surface area (Å²) >= 11 is 0. The van der Waals surface area contributed by atoms with Crippen molar-refractivity contribution in [1.82, 2.24) is 14.7 Å². The van der Waals surface area contributed by atoms with Gasteiger partial charge in [0.1, 0.15) is 11.6 Å². The average Bonchev–Trinajstić information content (AvgIpc) is 2.67. The molecule has 0 spiro atoms. The highest BCUT2D eigenvalue weighted by Crippen LogP contribution is 2.16. The van der Waals surface area contributed by atoms with Crippen molar-refractivity contribution in [2.75, 3.05) is 64.3 Å². The number of nitriles is 1. The predicted molar refractivity (Wildman–Crippen MR) is 98.0 cm³/mol. The van der Waals surface area contributed by atoms with Crippen molar-refractivity contribution in [3.05, 3.63) is 42.1 Å². The summed E-state index contributed by atoms with van der Waals surface area (Å²) in [5.41, 5.74) is 1.47. The van der Waals surface area contributed by atoms with Crippen molar-refractivity contribution >= 4 is 11.6 Å². The molecule has 25 heavy (non-hydrogen) atoms. The van der Waals surface area contributed by atoms with E-state index in [1.807, 2.05) is 18.2 Å². The van der Waals surface area contributed by atoms with Gasteiger partial charge in [-0.15, -0.1) is 0 Å². The Hall–Kier alpha value is -2.52. The fraction of sp³-hybridized carbons (Fsp3) is 0.474. The van der Waals surface area contributed by atoms with Crippen LogP contribution in [0.1, 0.15) is 0 Å². The van der Waals surface area contributed by atoms with E-state index >= 15 is 0 Å². The topological polar surface area (TPSA) is 53.8 Å². The number of benzene rings is 1. The Morgan fingerprint density at radius 1 is 1.00 bits per heavy atom. The number of carbonyl (C=O) groups is 1. The average molecular weight is 339 g/mol. The van der Waals surface area contributed by atoms with Gasteiger partial charge in [0.15, 0.2) is 0 Å². The van der Waals surface area contributed by atoms with Crippen LogP contribution in [0.25, 0.3) is 0 Å². The van der Waals surface area contributed by atoms with Crippen LogP contribution < -0.4 is 4.90 Å². The molecule has 1 amide bonds. The number of hydrogen-bond acceptors (Lipinski definition) is 5. The third kappa shape index (κ3) is 4.31. The Morgan fingerprint density at radius 2 is 1.64 bits per heavy atom. The molecule has 1 aromatic rings. The molecular weight excluding hydrogens is 314 g/mol. The van der Waals surface area contributed by atoms with E-state index in [2.05, 4.69) is 39.9 Å². The molecule has 0 unspecified atom stereocenters. The van der Waals surface area contributed by atoms with Crippen molar-refractivity contribution in [3.63, 3.8) is 0 Å². The van der Waals surface area contributed by atoms with Crippen molar-refractivity contribution in [2.45, 2.75) is 0 Å². The van der Waals surface area contributed by atoms with E-state index in [1.165, 1.54) is 5.69 Å². The Morgan fingerprint density at radius 3 is 2.24 bits per heavy atom. The van der Waals surface area contributed by atoms with Crippen LogP contribution in [-0.2, 0) is 4.79 Å². The minimum atomic E-state index is -0.138. The van der Waals surface area contributed by atoms with Gasteiger partial charge in [0.25, 0.3) is 5.91 Å². The molecule has 2 aliphatic rings. The molecule has 0 aliphatic carbocycles. The maximum Gasteiger partial charge on any atom is 0.266 e. The first-order valence-corrected chi connectivity index (χ1v) is 8.81. The number of anilines is 1. The summed E-state index contributed by atoms with van der Waals surface area (Å²) in [6.07, 6.45) is 1.75. The first-order chi connectivity index (χ1) is 12.2. The molecule has 0 N–H and O–H groups in total. The predicted octanol–water partition coefficient (Wildman–Crippen LogP) is 0.990. The number of carbonyl (C=O) groups excluding carboxylic acids is 1. The molecule has 1 aromatic carbocycles. The molecule has 2 saturated heterocycles. The minimum absolute atomic E-state index is 0.138. The smallest absolute Gasteiger partial charge is 0.266 e. The van der Waals surface area contributed by atoms with Crippen LogP contribution in [0.5, 0.6) is 0 Å². The number of rotatable bonds is 3. The highest BCUT2D eigenvalue weighted by atomic mass is 16.2. The minimum Gasteiger partial charge on any atom is -0.373 e. The summed E-state index contributed by atoms with van der Waals surface area (Å²) in [4.78, 5) is 21.0. The van der Waals surface area contributed by atoms with Crippen molar-refractivity contribution in [1.29, 1.82) is 5.26 Å². The first-order valence-electron chi connectivity index (χ1n) is 8.81. The third-order valence-corrected chi connectivity index (χ3v) is 4.89. The lowest BCUT2D eigenvalue weighted by molar-refractivity contribution is -0.128. The van der Waals surface area contributed by atoms with Gasteiger partial charge in [0, 0.05) is 64.2 Å². The van der Waals surface area contributed by atoms with E-state index in [-0.39, 0.29) is 11.5 Å². The molecule has 0 atom stereocenters. The molecule has 6 nitrogen and oxygen atoms in total. The fourth-order valence-corrected chi connectivity index (χ4v) is 3.24. The van der Waals surface area contributed by atoms with Crippen LogP contribution >= 0.6 is 0 Å². The van der Waals surface area contributed by atoms with Gasteiger partial charge in [-0.25, -0.2) is 0 Å². The molecule has 3 rings (SSSR count). The summed E-state index contributed by atoms with van der Waals surface area (Å²) in [5, 5.41) is 9.43. The fourth-order valence-electron chi connectivity index (χ4n) is 3.24. The van der Waals surface area contributed by atoms with Gasteiger partial charge in [-0.05, 0) is 19.2 Å². The molecule has 2 heterocycles. The highest BCUT2D eigenvalue weighted by Gasteiger charge is 2.23. The molecule has 0 radical (unpaired) electrons. The molecule has 6 heteroatoms. The van der Waals surface area contributed by atoms with Crippen LogP contribution in [0.2, 0.25) is 0 Å². The number of amides is 1. The lowest BCUT2D eigenvalue weighted by Crippen LogP contribution is -2.48. The SMILES string of the molecule is CN1CCN(C(=O)/C(C#N)=C\N2CCN(c3ccccc3)CC2)CC1. The van der Waals surface area contributed by atoms with Gasteiger partial charge in [-0.2, -0.15) is 5.26 Å². The molecule has 2 fully saturated rings. The molecular formula is C19H25N5O. The van der Waals surface area contributed by atoms with E-state index in [1.54, 1.807) is 11.1 Å². The standard InChI is InChI=1S/C19H25N5O/c1-21-7-11-24(12-8-21)19(25)17(15-20)16-22-9-13-23(14-10-22)18-5-3-2-4-6-18/h2-6,16H,7-14H2,1H3/b17-16-. The maximum atomic E-state index is 12.6. The van der Waals surface area contributed by atoms with Crippen LogP contribution in [0, 0.1) is 11.3 Å². The molecule has 0 aromatic heterocycles. The Balaban J connectivity index is 1.58. The summed E-state index contributed by atoms with van der Waals surface area (Å²) in [6, 6.07) is 12.4. The Labute approximate surface area is 149 Å².